The fourth-order valence-electron chi connectivity index (χ4n) is 1.20. The number of hydrogen-bond acceptors (Lipinski definition) is 3. The van der Waals surface area contributed by atoms with Gasteiger partial charge in [-0.1, -0.05) is 30.3 Å². The minimum atomic E-state index is 0.201. The Bertz CT molecular complexity index is 285. The Balaban J connectivity index is 2.20. The monoisotopic (exact) mass is 224 g/mol. The number of carbonyl (C=O) groups is 1. The topological polar surface area (TPSA) is 37.3 Å². The van der Waals surface area contributed by atoms with Crippen molar-refractivity contribution in [1.82, 2.24) is 0 Å². The zero-order valence-corrected chi connectivity index (χ0v) is 9.50. The van der Waals surface area contributed by atoms with Gasteiger partial charge in [-0.3, -0.25) is 4.79 Å². The molecule has 82 valence electrons. The summed E-state index contributed by atoms with van der Waals surface area (Å²) < 4.78 is 0. The summed E-state index contributed by atoms with van der Waals surface area (Å²) in [5, 5.41) is 8.57. The van der Waals surface area contributed by atoms with Gasteiger partial charge in [-0.15, -0.1) is 0 Å². The van der Waals surface area contributed by atoms with E-state index in [1.807, 2.05) is 30.3 Å². The van der Waals surface area contributed by atoms with E-state index in [1.165, 1.54) is 0 Å². The third-order valence-corrected chi connectivity index (χ3v) is 3.09. The molecule has 0 unspecified atom stereocenters. The second-order valence-electron chi connectivity index (χ2n) is 3.23. The van der Waals surface area contributed by atoms with E-state index < -0.39 is 0 Å². The standard InChI is InChI=1S/C12H16O2S/c13-8-4-9-15-10-7-12(14)11-5-2-1-3-6-11/h1-3,5-6,13H,4,7-10H2. The molecule has 3 heteroatoms. The largest absolute Gasteiger partial charge is 0.396 e. The van der Waals surface area contributed by atoms with Gasteiger partial charge in [-0.05, 0) is 12.2 Å². The molecular formula is C12H16O2S. The molecule has 0 saturated heterocycles. The maximum Gasteiger partial charge on any atom is 0.163 e. The van der Waals surface area contributed by atoms with Crippen LogP contribution in [-0.4, -0.2) is 29.0 Å². The number of carbonyl (C=O) groups excluding carboxylic acids is 1. The average molecular weight is 224 g/mol. The maximum atomic E-state index is 11.6. The van der Waals surface area contributed by atoms with Gasteiger partial charge >= 0.3 is 0 Å². The molecule has 1 aromatic carbocycles. The zero-order valence-electron chi connectivity index (χ0n) is 8.69. The van der Waals surface area contributed by atoms with Crippen LogP contribution < -0.4 is 0 Å². The highest BCUT2D eigenvalue weighted by Crippen LogP contribution is 2.08. The lowest BCUT2D eigenvalue weighted by Crippen LogP contribution is -2.00. The summed E-state index contributed by atoms with van der Waals surface area (Å²) in [5.41, 5.74) is 0.792. The summed E-state index contributed by atoms with van der Waals surface area (Å²) in [7, 11) is 0. The number of hydrogen-bond donors (Lipinski definition) is 1. The van der Waals surface area contributed by atoms with E-state index in [9.17, 15) is 4.79 Å². The van der Waals surface area contributed by atoms with Gasteiger partial charge in [0.25, 0.3) is 0 Å². The first kappa shape index (κ1) is 12.3. The lowest BCUT2D eigenvalue weighted by Gasteiger charge is -2.00. The summed E-state index contributed by atoms with van der Waals surface area (Å²) in [4.78, 5) is 11.6. The molecule has 2 nitrogen and oxygen atoms in total. The van der Waals surface area contributed by atoms with Gasteiger partial charge in [0.1, 0.15) is 0 Å². The van der Waals surface area contributed by atoms with Crippen molar-refractivity contribution in [2.75, 3.05) is 18.1 Å². The lowest BCUT2D eigenvalue weighted by atomic mass is 10.1. The Morgan fingerprint density at radius 1 is 1.20 bits per heavy atom. The maximum absolute atomic E-state index is 11.6. The fourth-order valence-corrected chi connectivity index (χ4v) is 2.07. The predicted octanol–water partition coefficient (Wildman–Crippen LogP) is 2.38. The number of benzene rings is 1. The van der Waals surface area contributed by atoms with E-state index in [1.54, 1.807) is 11.8 Å². The number of ketones is 1. The second kappa shape index (κ2) is 7.49. The quantitative estimate of drug-likeness (QED) is 0.570. The van der Waals surface area contributed by atoms with E-state index in [0.29, 0.717) is 6.42 Å². The van der Waals surface area contributed by atoms with E-state index in [-0.39, 0.29) is 12.4 Å². The van der Waals surface area contributed by atoms with Crippen molar-refractivity contribution in [2.24, 2.45) is 0 Å². The van der Waals surface area contributed by atoms with Gasteiger partial charge in [0.2, 0.25) is 0 Å². The molecule has 0 amide bonds. The third-order valence-electron chi connectivity index (χ3n) is 2.02. The SMILES string of the molecule is O=C(CCSCCCO)c1ccccc1. The Morgan fingerprint density at radius 3 is 2.60 bits per heavy atom. The number of Topliss-reactive ketones (excluding diaryl/α,β-unsaturated/α-hetero) is 1. The fraction of sp³-hybridized carbons (Fsp3) is 0.417. The third kappa shape index (κ3) is 5.00. The number of aliphatic hydroxyl groups is 1. The number of rotatable bonds is 7. The molecule has 0 bridgehead atoms. The first-order valence-electron chi connectivity index (χ1n) is 5.11. The van der Waals surface area contributed by atoms with Crippen LogP contribution in [0.15, 0.2) is 30.3 Å². The van der Waals surface area contributed by atoms with Crippen LogP contribution in [0.4, 0.5) is 0 Å². The molecule has 0 radical (unpaired) electrons. The van der Waals surface area contributed by atoms with Crippen LogP contribution in [0.5, 0.6) is 0 Å². The van der Waals surface area contributed by atoms with Crippen molar-refractivity contribution >= 4 is 17.5 Å². The molecule has 1 aromatic rings. The Kier molecular flexibility index (Phi) is 6.12. The minimum absolute atomic E-state index is 0.201. The van der Waals surface area contributed by atoms with Crippen LogP contribution in [0.2, 0.25) is 0 Å². The minimum Gasteiger partial charge on any atom is -0.396 e. The van der Waals surface area contributed by atoms with Gasteiger partial charge in [0.05, 0.1) is 0 Å². The van der Waals surface area contributed by atoms with Crippen LogP contribution in [0, 0.1) is 0 Å². The summed E-state index contributed by atoms with van der Waals surface area (Å²) in [6.07, 6.45) is 1.39. The summed E-state index contributed by atoms with van der Waals surface area (Å²) in [6, 6.07) is 9.37. The molecule has 0 spiro atoms. The first-order chi connectivity index (χ1) is 7.34. The molecule has 0 atom stereocenters. The summed E-state index contributed by atoms with van der Waals surface area (Å²) in [6.45, 7) is 0.236. The van der Waals surface area contributed by atoms with Gasteiger partial charge in [-0.2, -0.15) is 11.8 Å². The van der Waals surface area contributed by atoms with E-state index in [2.05, 4.69) is 0 Å². The van der Waals surface area contributed by atoms with E-state index >= 15 is 0 Å². The molecule has 0 aliphatic heterocycles. The van der Waals surface area contributed by atoms with Crippen molar-refractivity contribution in [1.29, 1.82) is 0 Å². The predicted molar refractivity (Wildman–Crippen MR) is 64.4 cm³/mol. The van der Waals surface area contributed by atoms with Crippen LogP contribution in [0.25, 0.3) is 0 Å². The van der Waals surface area contributed by atoms with Crippen molar-refractivity contribution in [2.45, 2.75) is 12.8 Å². The molecule has 0 aromatic heterocycles. The van der Waals surface area contributed by atoms with Crippen molar-refractivity contribution in [3.05, 3.63) is 35.9 Å². The molecule has 0 saturated carbocycles. The normalized spacial score (nSPS) is 10.2. The van der Waals surface area contributed by atoms with Crippen LogP contribution in [0.3, 0.4) is 0 Å². The van der Waals surface area contributed by atoms with Crippen molar-refractivity contribution in [3.63, 3.8) is 0 Å². The van der Waals surface area contributed by atoms with E-state index in [0.717, 1.165) is 23.5 Å². The molecule has 0 heterocycles. The summed E-state index contributed by atoms with van der Waals surface area (Å²) in [5.74, 6) is 1.97. The summed E-state index contributed by atoms with van der Waals surface area (Å²) >= 11 is 1.72. The molecular weight excluding hydrogens is 208 g/mol. The molecule has 0 aliphatic rings. The number of thioether (sulfide) groups is 1. The highest BCUT2D eigenvalue weighted by molar-refractivity contribution is 7.99. The van der Waals surface area contributed by atoms with Gasteiger partial charge < -0.3 is 5.11 Å². The number of aliphatic hydroxyl groups excluding tert-OH is 1. The molecule has 15 heavy (non-hydrogen) atoms. The van der Waals surface area contributed by atoms with Crippen molar-refractivity contribution in [3.8, 4) is 0 Å². The van der Waals surface area contributed by atoms with Gasteiger partial charge in [-0.25, -0.2) is 0 Å². The van der Waals surface area contributed by atoms with Gasteiger partial charge in [0, 0.05) is 24.3 Å². The van der Waals surface area contributed by atoms with Crippen molar-refractivity contribution < 1.29 is 9.90 Å². The smallest absolute Gasteiger partial charge is 0.163 e. The molecule has 0 fully saturated rings. The molecule has 1 rings (SSSR count). The molecule has 0 aliphatic carbocycles. The Hall–Kier alpha value is -0.800. The van der Waals surface area contributed by atoms with Crippen LogP contribution in [0.1, 0.15) is 23.2 Å². The highest BCUT2D eigenvalue weighted by Gasteiger charge is 2.03. The zero-order chi connectivity index (χ0) is 10.9. The Morgan fingerprint density at radius 2 is 1.93 bits per heavy atom. The van der Waals surface area contributed by atoms with E-state index in [4.69, 9.17) is 5.11 Å². The van der Waals surface area contributed by atoms with Crippen LogP contribution >= 0.6 is 11.8 Å². The Labute approximate surface area is 94.7 Å². The highest BCUT2D eigenvalue weighted by atomic mass is 32.2. The first-order valence-corrected chi connectivity index (χ1v) is 6.27. The van der Waals surface area contributed by atoms with Gasteiger partial charge in [0.15, 0.2) is 5.78 Å². The van der Waals surface area contributed by atoms with Crippen LogP contribution in [-0.2, 0) is 0 Å². The molecule has 1 N–H and O–H groups in total. The average Bonchev–Trinajstić information content (AvgIpc) is 2.30. The lowest BCUT2D eigenvalue weighted by molar-refractivity contribution is 0.0989. The second-order valence-corrected chi connectivity index (χ2v) is 4.45.